The zero-order valence-electron chi connectivity index (χ0n) is 6.45. The van der Waals surface area contributed by atoms with E-state index in [4.69, 9.17) is 21.8 Å². The van der Waals surface area contributed by atoms with Crippen LogP contribution in [0.2, 0.25) is 5.02 Å². The quantitative estimate of drug-likeness (QED) is 0.559. The fourth-order valence-corrected chi connectivity index (χ4v) is 1.19. The number of halogens is 1. The fourth-order valence-electron chi connectivity index (χ4n) is 1.03. The van der Waals surface area contributed by atoms with Gasteiger partial charge in [0.05, 0.1) is 10.7 Å². The standard InChI is InChI=1S/C8H5ClN2O2/c9-4-1-7-6(2-5(4)10)11-8(3-12)13-7/h1-3H,10H2. The Labute approximate surface area is 78.3 Å². The van der Waals surface area contributed by atoms with Gasteiger partial charge in [-0.25, -0.2) is 4.98 Å². The van der Waals surface area contributed by atoms with Crippen LogP contribution >= 0.6 is 11.6 Å². The van der Waals surface area contributed by atoms with Gasteiger partial charge in [-0.3, -0.25) is 4.79 Å². The van der Waals surface area contributed by atoms with Crippen molar-refractivity contribution in [3.05, 3.63) is 23.0 Å². The summed E-state index contributed by atoms with van der Waals surface area (Å²) in [7, 11) is 0. The van der Waals surface area contributed by atoms with Gasteiger partial charge < -0.3 is 10.2 Å². The highest BCUT2D eigenvalue weighted by molar-refractivity contribution is 6.33. The molecule has 0 saturated heterocycles. The number of fused-ring (bicyclic) bond motifs is 1. The normalized spacial score (nSPS) is 10.5. The van der Waals surface area contributed by atoms with E-state index >= 15 is 0 Å². The number of hydrogen-bond acceptors (Lipinski definition) is 4. The molecule has 66 valence electrons. The molecule has 5 heteroatoms. The summed E-state index contributed by atoms with van der Waals surface area (Å²) in [6, 6.07) is 3.10. The van der Waals surface area contributed by atoms with Crippen molar-refractivity contribution in [1.82, 2.24) is 4.98 Å². The summed E-state index contributed by atoms with van der Waals surface area (Å²) in [5.74, 6) is 0.0247. The molecule has 4 nitrogen and oxygen atoms in total. The van der Waals surface area contributed by atoms with Gasteiger partial charge in [0.15, 0.2) is 5.58 Å². The van der Waals surface area contributed by atoms with Crippen molar-refractivity contribution in [2.24, 2.45) is 0 Å². The van der Waals surface area contributed by atoms with E-state index in [0.29, 0.717) is 28.1 Å². The summed E-state index contributed by atoms with van der Waals surface area (Å²) in [5, 5.41) is 0.390. The van der Waals surface area contributed by atoms with Crippen molar-refractivity contribution in [2.75, 3.05) is 5.73 Å². The first-order chi connectivity index (χ1) is 6.20. The molecule has 1 aromatic carbocycles. The summed E-state index contributed by atoms with van der Waals surface area (Å²) in [6.07, 6.45) is 0.532. The van der Waals surface area contributed by atoms with Gasteiger partial charge in [-0.1, -0.05) is 11.6 Å². The van der Waals surface area contributed by atoms with E-state index in [1.807, 2.05) is 0 Å². The number of anilines is 1. The van der Waals surface area contributed by atoms with Gasteiger partial charge in [0.2, 0.25) is 6.29 Å². The largest absolute Gasteiger partial charge is 0.434 e. The average Bonchev–Trinajstić information content (AvgIpc) is 2.48. The minimum atomic E-state index is 0.0247. The Kier molecular flexibility index (Phi) is 1.70. The molecule has 0 aliphatic heterocycles. The minimum absolute atomic E-state index is 0.0247. The third kappa shape index (κ3) is 1.25. The number of oxazole rings is 1. The van der Waals surface area contributed by atoms with E-state index in [1.54, 1.807) is 6.07 Å². The van der Waals surface area contributed by atoms with Crippen LogP contribution in [0.5, 0.6) is 0 Å². The number of aromatic nitrogens is 1. The van der Waals surface area contributed by atoms with E-state index in [0.717, 1.165) is 0 Å². The number of nitrogens with two attached hydrogens (primary N) is 1. The molecule has 2 aromatic rings. The van der Waals surface area contributed by atoms with Crippen LogP contribution in [-0.2, 0) is 0 Å². The Hall–Kier alpha value is -1.55. The Morgan fingerprint density at radius 1 is 1.54 bits per heavy atom. The molecule has 13 heavy (non-hydrogen) atoms. The number of benzene rings is 1. The molecule has 0 fully saturated rings. The molecular formula is C8H5ClN2O2. The Bertz CT molecular complexity index is 439. The van der Waals surface area contributed by atoms with Crippen LogP contribution in [0.1, 0.15) is 10.7 Å². The lowest BCUT2D eigenvalue weighted by Gasteiger charge is -1.94. The smallest absolute Gasteiger partial charge is 0.260 e. The lowest BCUT2D eigenvalue weighted by molar-refractivity contribution is 0.109. The molecule has 0 aliphatic rings. The summed E-state index contributed by atoms with van der Waals surface area (Å²) < 4.78 is 5.03. The Morgan fingerprint density at radius 2 is 2.31 bits per heavy atom. The van der Waals surface area contributed by atoms with E-state index in [2.05, 4.69) is 4.98 Å². The zero-order valence-corrected chi connectivity index (χ0v) is 7.21. The summed E-state index contributed by atoms with van der Waals surface area (Å²) in [5.41, 5.74) is 6.94. The highest BCUT2D eigenvalue weighted by Gasteiger charge is 2.07. The van der Waals surface area contributed by atoms with Gasteiger partial charge in [-0.2, -0.15) is 0 Å². The molecule has 0 unspecified atom stereocenters. The van der Waals surface area contributed by atoms with Crippen LogP contribution in [0, 0.1) is 0 Å². The molecule has 0 saturated carbocycles. The van der Waals surface area contributed by atoms with Gasteiger partial charge in [0, 0.05) is 6.07 Å². The first-order valence-corrected chi connectivity index (χ1v) is 3.89. The highest BCUT2D eigenvalue weighted by atomic mass is 35.5. The van der Waals surface area contributed by atoms with Gasteiger partial charge in [-0.15, -0.1) is 0 Å². The maximum atomic E-state index is 10.3. The van der Waals surface area contributed by atoms with Crippen molar-refractivity contribution in [1.29, 1.82) is 0 Å². The number of nitrogens with zero attached hydrogens (tertiary/aromatic N) is 1. The van der Waals surface area contributed by atoms with Crippen molar-refractivity contribution >= 4 is 34.7 Å². The highest BCUT2D eigenvalue weighted by Crippen LogP contribution is 2.25. The second-order valence-corrected chi connectivity index (χ2v) is 2.92. The van der Waals surface area contributed by atoms with Crippen LogP contribution in [0.3, 0.4) is 0 Å². The lowest BCUT2D eigenvalue weighted by Crippen LogP contribution is -1.85. The SMILES string of the molecule is Nc1cc2nc(C=O)oc2cc1Cl. The number of aldehydes is 1. The van der Waals surface area contributed by atoms with Gasteiger partial charge in [-0.05, 0) is 6.07 Å². The number of carbonyl (C=O) groups excluding carboxylic acids is 1. The molecule has 0 spiro atoms. The maximum absolute atomic E-state index is 10.3. The van der Waals surface area contributed by atoms with E-state index < -0.39 is 0 Å². The number of carbonyl (C=O) groups is 1. The second kappa shape index (κ2) is 2.74. The van der Waals surface area contributed by atoms with Crippen LogP contribution < -0.4 is 5.73 Å². The Morgan fingerprint density at radius 3 is 3.00 bits per heavy atom. The topological polar surface area (TPSA) is 69.1 Å². The lowest BCUT2D eigenvalue weighted by atomic mass is 10.3. The van der Waals surface area contributed by atoms with Crippen molar-refractivity contribution in [2.45, 2.75) is 0 Å². The molecule has 0 bridgehead atoms. The molecule has 0 amide bonds. The van der Waals surface area contributed by atoms with Crippen LogP contribution in [0.25, 0.3) is 11.1 Å². The molecular weight excluding hydrogens is 192 g/mol. The first kappa shape index (κ1) is 8.07. The predicted octanol–water partition coefficient (Wildman–Crippen LogP) is 1.88. The summed E-state index contributed by atoms with van der Waals surface area (Å²) in [4.78, 5) is 14.2. The van der Waals surface area contributed by atoms with Gasteiger partial charge in [0.1, 0.15) is 5.52 Å². The Balaban J connectivity index is 2.77. The molecule has 0 radical (unpaired) electrons. The van der Waals surface area contributed by atoms with Crippen LogP contribution in [-0.4, -0.2) is 11.3 Å². The van der Waals surface area contributed by atoms with Crippen LogP contribution in [0.4, 0.5) is 5.69 Å². The molecule has 2 rings (SSSR count). The fraction of sp³-hybridized carbons (Fsp3) is 0. The van der Waals surface area contributed by atoms with Crippen molar-refractivity contribution in [3.8, 4) is 0 Å². The van der Waals surface area contributed by atoms with E-state index in [-0.39, 0.29) is 5.89 Å². The van der Waals surface area contributed by atoms with E-state index in [1.165, 1.54) is 6.07 Å². The predicted molar refractivity (Wildman–Crippen MR) is 48.8 cm³/mol. The monoisotopic (exact) mass is 196 g/mol. The van der Waals surface area contributed by atoms with Gasteiger partial charge >= 0.3 is 0 Å². The van der Waals surface area contributed by atoms with Gasteiger partial charge in [0.25, 0.3) is 5.89 Å². The maximum Gasteiger partial charge on any atom is 0.260 e. The summed E-state index contributed by atoms with van der Waals surface area (Å²) in [6.45, 7) is 0. The molecule has 0 atom stereocenters. The zero-order chi connectivity index (χ0) is 9.42. The number of hydrogen-bond donors (Lipinski definition) is 1. The second-order valence-electron chi connectivity index (χ2n) is 2.51. The number of nitrogen functional groups attached to an aromatic ring is 1. The van der Waals surface area contributed by atoms with Crippen molar-refractivity contribution in [3.63, 3.8) is 0 Å². The first-order valence-electron chi connectivity index (χ1n) is 3.51. The van der Waals surface area contributed by atoms with Crippen LogP contribution in [0.15, 0.2) is 16.5 Å². The van der Waals surface area contributed by atoms with E-state index in [9.17, 15) is 4.79 Å². The molecule has 2 N–H and O–H groups in total. The average molecular weight is 197 g/mol. The number of rotatable bonds is 1. The third-order valence-electron chi connectivity index (χ3n) is 1.62. The molecule has 1 heterocycles. The minimum Gasteiger partial charge on any atom is -0.434 e. The molecule has 1 aromatic heterocycles. The summed E-state index contributed by atoms with van der Waals surface area (Å²) >= 11 is 5.74. The van der Waals surface area contributed by atoms with Crippen molar-refractivity contribution < 1.29 is 9.21 Å². The molecule has 0 aliphatic carbocycles. The third-order valence-corrected chi connectivity index (χ3v) is 1.95.